The van der Waals surface area contributed by atoms with Gasteiger partial charge in [0.2, 0.25) is 6.41 Å². The van der Waals surface area contributed by atoms with Crippen LogP contribution in [0.1, 0.15) is 19.8 Å². The van der Waals surface area contributed by atoms with Gasteiger partial charge < -0.3 is 10.6 Å². The van der Waals surface area contributed by atoms with E-state index >= 15 is 0 Å². The summed E-state index contributed by atoms with van der Waals surface area (Å²) in [5.41, 5.74) is 0. The number of carbonyl (C=O) groups is 1. The van der Waals surface area contributed by atoms with Crippen molar-refractivity contribution in [3.05, 3.63) is 0 Å². The van der Waals surface area contributed by atoms with Crippen molar-refractivity contribution in [2.24, 2.45) is 5.92 Å². The van der Waals surface area contributed by atoms with Gasteiger partial charge in [0.05, 0.1) is 0 Å². The fraction of sp³-hybridized carbons (Fsp3) is 0.875. The average molecular weight is 158 g/mol. The van der Waals surface area contributed by atoms with Gasteiger partial charge in [-0.2, -0.15) is 0 Å². The second kappa shape index (κ2) is 7.54. The zero-order chi connectivity index (χ0) is 8.53. The summed E-state index contributed by atoms with van der Waals surface area (Å²) in [6, 6.07) is 0. The Balaban J connectivity index is 0.000000218. The van der Waals surface area contributed by atoms with Gasteiger partial charge in [0.25, 0.3) is 0 Å². The van der Waals surface area contributed by atoms with Crippen LogP contribution in [0.3, 0.4) is 0 Å². The predicted molar refractivity (Wildman–Crippen MR) is 46.4 cm³/mol. The Hall–Kier alpha value is -0.570. The Kier molecular flexibility index (Phi) is 7.15. The SMILES string of the molecule is CC1CCCNC1.CNC=O. The molecule has 1 unspecified atom stereocenters. The number of rotatable bonds is 1. The second-order valence-electron chi connectivity index (χ2n) is 2.86. The number of hydrogen-bond donors (Lipinski definition) is 2. The van der Waals surface area contributed by atoms with Gasteiger partial charge in [-0.3, -0.25) is 4.79 Å². The van der Waals surface area contributed by atoms with E-state index in [9.17, 15) is 0 Å². The van der Waals surface area contributed by atoms with Crippen LogP contribution in [0.2, 0.25) is 0 Å². The van der Waals surface area contributed by atoms with Gasteiger partial charge in [-0.05, 0) is 31.8 Å². The van der Waals surface area contributed by atoms with E-state index in [0.717, 1.165) is 5.92 Å². The molecule has 0 spiro atoms. The molecule has 0 aromatic carbocycles. The summed E-state index contributed by atoms with van der Waals surface area (Å²) in [5, 5.41) is 5.58. The molecule has 1 amide bonds. The van der Waals surface area contributed by atoms with Crippen molar-refractivity contribution in [1.29, 1.82) is 0 Å². The first-order valence-electron chi connectivity index (χ1n) is 4.13. The highest BCUT2D eigenvalue weighted by molar-refractivity contribution is 5.44. The molecular formula is C8H18N2O. The minimum absolute atomic E-state index is 0.625. The number of nitrogens with one attached hydrogen (secondary N) is 2. The van der Waals surface area contributed by atoms with Crippen molar-refractivity contribution >= 4 is 6.41 Å². The second-order valence-corrected chi connectivity index (χ2v) is 2.86. The Morgan fingerprint density at radius 3 is 2.45 bits per heavy atom. The maximum atomic E-state index is 9.06. The van der Waals surface area contributed by atoms with Gasteiger partial charge in [0.1, 0.15) is 0 Å². The van der Waals surface area contributed by atoms with Crippen LogP contribution < -0.4 is 10.6 Å². The van der Waals surface area contributed by atoms with Crippen LogP contribution >= 0.6 is 0 Å². The van der Waals surface area contributed by atoms with Crippen molar-refractivity contribution < 1.29 is 4.79 Å². The molecule has 66 valence electrons. The van der Waals surface area contributed by atoms with Crippen LogP contribution in [0, 0.1) is 5.92 Å². The van der Waals surface area contributed by atoms with Crippen molar-refractivity contribution in [1.82, 2.24) is 10.6 Å². The van der Waals surface area contributed by atoms with Gasteiger partial charge in [-0.25, -0.2) is 0 Å². The van der Waals surface area contributed by atoms with Gasteiger partial charge >= 0.3 is 0 Å². The lowest BCUT2D eigenvalue weighted by molar-refractivity contribution is -0.109. The molecule has 0 aliphatic carbocycles. The van der Waals surface area contributed by atoms with E-state index in [-0.39, 0.29) is 0 Å². The average Bonchev–Trinajstić information content (AvgIpc) is 2.07. The van der Waals surface area contributed by atoms with E-state index in [2.05, 4.69) is 17.6 Å². The van der Waals surface area contributed by atoms with Crippen LogP contribution in [0.15, 0.2) is 0 Å². The van der Waals surface area contributed by atoms with Crippen molar-refractivity contribution in [3.63, 3.8) is 0 Å². The lowest BCUT2D eigenvalue weighted by Gasteiger charge is -2.17. The van der Waals surface area contributed by atoms with Crippen LogP contribution in [-0.4, -0.2) is 26.5 Å². The summed E-state index contributed by atoms with van der Waals surface area (Å²) in [7, 11) is 1.56. The topological polar surface area (TPSA) is 41.1 Å². The molecule has 1 aliphatic rings. The highest BCUT2D eigenvalue weighted by Crippen LogP contribution is 2.06. The van der Waals surface area contributed by atoms with Crippen molar-refractivity contribution in [3.8, 4) is 0 Å². The summed E-state index contributed by atoms with van der Waals surface area (Å²) in [4.78, 5) is 9.06. The third kappa shape index (κ3) is 7.33. The number of carbonyl (C=O) groups excluding carboxylic acids is 1. The molecule has 2 N–H and O–H groups in total. The predicted octanol–water partition coefficient (Wildman–Crippen LogP) is 0.368. The summed E-state index contributed by atoms with van der Waals surface area (Å²) >= 11 is 0. The molecule has 0 aromatic heterocycles. The maximum Gasteiger partial charge on any atom is 0.206 e. The van der Waals surface area contributed by atoms with Crippen LogP contribution in [-0.2, 0) is 4.79 Å². The van der Waals surface area contributed by atoms with Crippen LogP contribution in [0.4, 0.5) is 0 Å². The molecule has 1 fully saturated rings. The molecule has 3 nitrogen and oxygen atoms in total. The normalized spacial score (nSPS) is 22.9. The van der Waals surface area contributed by atoms with Gasteiger partial charge in [0, 0.05) is 7.05 Å². The van der Waals surface area contributed by atoms with Gasteiger partial charge in [0.15, 0.2) is 0 Å². The highest BCUT2D eigenvalue weighted by atomic mass is 16.1. The quantitative estimate of drug-likeness (QED) is 0.541. The lowest BCUT2D eigenvalue weighted by Crippen LogP contribution is -2.27. The summed E-state index contributed by atoms with van der Waals surface area (Å²) < 4.78 is 0. The number of piperidine rings is 1. The van der Waals surface area contributed by atoms with E-state index in [4.69, 9.17) is 4.79 Å². The summed E-state index contributed by atoms with van der Waals surface area (Å²) in [6.07, 6.45) is 3.42. The third-order valence-corrected chi connectivity index (χ3v) is 1.66. The fourth-order valence-corrected chi connectivity index (χ4v) is 1.03. The first-order chi connectivity index (χ1) is 5.31. The Morgan fingerprint density at radius 1 is 1.64 bits per heavy atom. The molecule has 1 rings (SSSR count). The van der Waals surface area contributed by atoms with Crippen LogP contribution in [0.5, 0.6) is 0 Å². The van der Waals surface area contributed by atoms with Gasteiger partial charge in [-0.15, -0.1) is 0 Å². The Bertz CT molecular complexity index is 90.1. The molecule has 1 saturated heterocycles. The Morgan fingerprint density at radius 2 is 2.27 bits per heavy atom. The smallest absolute Gasteiger partial charge is 0.206 e. The standard InChI is InChI=1S/C6H13N.C2H5NO/c1-6-3-2-4-7-5-6;1-3-2-4/h6-7H,2-5H2,1H3;2H,1H3,(H,3,4). The number of hydrogen-bond acceptors (Lipinski definition) is 2. The maximum absolute atomic E-state index is 9.06. The molecule has 0 radical (unpaired) electrons. The van der Waals surface area contributed by atoms with Crippen molar-refractivity contribution in [2.45, 2.75) is 19.8 Å². The van der Waals surface area contributed by atoms with Crippen molar-refractivity contribution in [2.75, 3.05) is 20.1 Å². The zero-order valence-electron chi connectivity index (χ0n) is 7.39. The molecule has 11 heavy (non-hydrogen) atoms. The summed E-state index contributed by atoms with van der Waals surface area (Å²) in [6.45, 7) is 4.77. The number of amides is 1. The molecule has 0 aromatic rings. The first-order valence-corrected chi connectivity index (χ1v) is 4.13. The fourth-order valence-electron chi connectivity index (χ4n) is 1.03. The largest absolute Gasteiger partial charge is 0.362 e. The van der Waals surface area contributed by atoms with Crippen LogP contribution in [0.25, 0.3) is 0 Å². The third-order valence-electron chi connectivity index (χ3n) is 1.66. The zero-order valence-corrected chi connectivity index (χ0v) is 7.39. The molecule has 1 atom stereocenters. The van der Waals surface area contributed by atoms with Gasteiger partial charge in [-0.1, -0.05) is 6.92 Å². The monoisotopic (exact) mass is 158 g/mol. The van der Waals surface area contributed by atoms with E-state index in [1.807, 2.05) is 0 Å². The van der Waals surface area contributed by atoms with E-state index in [1.54, 1.807) is 7.05 Å². The van der Waals surface area contributed by atoms with E-state index < -0.39 is 0 Å². The van der Waals surface area contributed by atoms with E-state index in [1.165, 1.54) is 25.9 Å². The minimum Gasteiger partial charge on any atom is -0.362 e. The highest BCUT2D eigenvalue weighted by Gasteiger charge is 2.04. The molecule has 0 saturated carbocycles. The first kappa shape index (κ1) is 10.4. The lowest BCUT2D eigenvalue weighted by atomic mass is 10.0. The molecule has 0 bridgehead atoms. The minimum atomic E-state index is 0.625. The molecular weight excluding hydrogens is 140 g/mol. The van der Waals surface area contributed by atoms with E-state index in [0.29, 0.717) is 6.41 Å². The molecule has 1 aliphatic heterocycles. The molecule has 1 heterocycles. The Labute approximate surface area is 68.6 Å². The summed E-state index contributed by atoms with van der Waals surface area (Å²) in [5.74, 6) is 0.925. The molecule has 3 heteroatoms.